The fourth-order valence-corrected chi connectivity index (χ4v) is 7.97. The third-order valence-electron chi connectivity index (χ3n) is 9.69. The number of aromatic nitrogens is 3. The van der Waals surface area contributed by atoms with Crippen molar-refractivity contribution in [1.29, 1.82) is 0 Å². The number of fused-ring (bicyclic) bond motifs is 1. The van der Waals surface area contributed by atoms with Gasteiger partial charge in [-0.25, -0.2) is 19.3 Å². The summed E-state index contributed by atoms with van der Waals surface area (Å²) in [6, 6.07) is 1.70. The second-order valence-corrected chi connectivity index (χ2v) is 13.2. The maximum absolute atomic E-state index is 14.2. The van der Waals surface area contributed by atoms with E-state index in [9.17, 15) is 4.39 Å². The zero-order valence-corrected chi connectivity index (χ0v) is 26.6. The van der Waals surface area contributed by atoms with Crippen LogP contribution in [0.3, 0.4) is 0 Å². The van der Waals surface area contributed by atoms with Gasteiger partial charge in [-0.2, -0.15) is 0 Å². The Morgan fingerprint density at radius 3 is 2.40 bits per heavy atom. The van der Waals surface area contributed by atoms with Crippen molar-refractivity contribution < 1.29 is 4.39 Å². The molecule has 0 bridgehead atoms. The summed E-state index contributed by atoms with van der Waals surface area (Å²) in [6.45, 7) is 19.1. The molecule has 0 amide bonds. The van der Waals surface area contributed by atoms with Gasteiger partial charge in [-0.3, -0.25) is 0 Å². The maximum Gasteiger partial charge on any atom is 0.152 e. The fraction of sp³-hybridized carbons (Fsp3) is 0.559. The topological polar surface area (TPSA) is 64.7 Å². The molecule has 3 unspecified atom stereocenters. The van der Waals surface area contributed by atoms with Gasteiger partial charge in [-0.15, -0.1) is 0 Å². The predicted octanol–water partition coefficient (Wildman–Crippen LogP) is 9.91. The van der Waals surface area contributed by atoms with Gasteiger partial charge < -0.3 is 5.73 Å². The first-order chi connectivity index (χ1) is 18.8. The Kier molecular flexibility index (Phi) is 8.66. The molecule has 6 heteroatoms. The van der Waals surface area contributed by atoms with Crippen molar-refractivity contribution in [2.75, 3.05) is 5.73 Å². The van der Waals surface area contributed by atoms with Crippen molar-refractivity contribution >= 4 is 34.4 Å². The molecule has 0 radical (unpaired) electrons. The number of nitrogen functional groups attached to an aromatic ring is 1. The lowest BCUT2D eigenvalue weighted by molar-refractivity contribution is 0.209. The highest BCUT2D eigenvalue weighted by Crippen LogP contribution is 2.69. The van der Waals surface area contributed by atoms with E-state index < -0.39 is 6.67 Å². The van der Waals surface area contributed by atoms with E-state index in [0.717, 1.165) is 51.5 Å². The number of benzene rings is 1. The van der Waals surface area contributed by atoms with Crippen LogP contribution in [0.15, 0.2) is 12.1 Å². The smallest absolute Gasteiger partial charge is 0.152 e. The number of nitrogens with two attached hydrogens (primary N) is 1. The van der Waals surface area contributed by atoms with Crippen molar-refractivity contribution in [2.24, 2.45) is 22.7 Å². The SMILES string of the molecule is CCCCC(C)(C/C=C\c1nc(C)c2c(C)c(Cl)c(-c3nc(N)cc(C)c3CF)c(C)c2n1)C1C(CC)C1(C)C. The Hall–Kier alpha value is -2.53. The molecule has 0 aliphatic heterocycles. The van der Waals surface area contributed by atoms with Crippen LogP contribution in [0.4, 0.5) is 10.2 Å². The molecule has 2 N–H and O–H groups in total. The van der Waals surface area contributed by atoms with Crippen molar-refractivity contribution in [3.8, 4) is 11.3 Å². The minimum Gasteiger partial charge on any atom is -0.384 e. The van der Waals surface area contributed by atoms with Crippen molar-refractivity contribution in [3.63, 3.8) is 0 Å². The van der Waals surface area contributed by atoms with E-state index in [4.69, 9.17) is 27.3 Å². The third kappa shape index (κ3) is 5.26. The highest BCUT2D eigenvalue weighted by atomic mass is 35.5. The minimum absolute atomic E-state index is 0.259. The molecule has 216 valence electrons. The Morgan fingerprint density at radius 2 is 1.80 bits per heavy atom. The van der Waals surface area contributed by atoms with Crippen molar-refractivity contribution in [2.45, 2.75) is 101 Å². The summed E-state index contributed by atoms with van der Waals surface area (Å²) in [7, 11) is 0. The lowest BCUT2D eigenvalue weighted by Crippen LogP contribution is -2.21. The first kappa shape index (κ1) is 30.4. The molecular formula is C34H46ClFN4. The number of unbranched alkanes of at least 4 members (excludes halogenated alkanes) is 1. The van der Waals surface area contributed by atoms with Crippen molar-refractivity contribution in [1.82, 2.24) is 15.0 Å². The Morgan fingerprint density at radius 1 is 1.10 bits per heavy atom. The maximum atomic E-state index is 14.2. The summed E-state index contributed by atoms with van der Waals surface area (Å²) in [5, 5.41) is 1.47. The van der Waals surface area contributed by atoms with E-state index in [-0.39, 0.29) is 5.41 Å². The van der Waals surface area contributed by atoms with E-state index in [1.165, 1.54) is 25.7 Å². The van der Waals surface area contributed by atoms with Gasteiger partial charge in [-0.05, 0) is 92.0 Å². The molecule has 3 aromatic rings. The van der Waals surface area contributed by atoms with Gasteiger partial charge in [0.25, 0.3) is 0 Å². The molecule has 2 aromatic heterocycles. The van der Waals surface area contributed by atoms with Gasteiger partial charge in [0.1, 0.15) is 12.5 Å². The van der Waals surface area contributed by atoms with Crippen LogP contribution < -0.4 is 5.73 Å². The average molecular weight is 565 g/mol. The molecule has 2 heterocycles. The number of alkyl halides is 1. The summed E-state index contributed by atoms with van der Waals surface area (Å²) in [6.07, 6.45) is 10.3. The molecule has 0 spiro atoms. The summed E-state index contributed by atoms with van der Waals surface area (Å²) in [5.74, 6) is 2.54. The summed E-state index contributed by atoms with van der Waals surface area (Å²) in [5.41, 5.74) is 12.6. The number of anilines is 1. The standard InChI is InChI=1S/C34H46ClFN4/c1-10-12-15-34(9,32-24(11-2)33(32,7)8)16-13-14-26-38-22(6)27-20(4)29(35)28(21(5)30(27)40-26)31-23(18-36)19(3)17-25(37)39-31/h13-14,17,24,32H,10-12,15-16,18H2,1-9H3,(H2,37,39)/b14-13-. The van der Waals surface area contributed by atoms with E-state index in [2.05, 4.69) is 51.8 Å². The molecule has 1 aromatic carbocycles. The molecule has 3 atom stereocenters. The monoisotopic (exact) mass is 564 g/mol. The molecule has 4 rings (SSSR count). The molecule has 4 nitrogen and oxygen atoms in total. The van der Waals surface area contributed by atoms with Crippen molar-refractivity contribution in [3.05, 3.63) is 50.9 Å². The van der Waals surface area contributed by atoms with Gasteiger partial charge in [0.05, 0.1) is 16.2 Å². The van der Waals surface area contributed by atoms with Crippen LogP contribution >= 0.6 is 11.6 Å². The van der Waals surface area contributed by atoms with E-state index in [0.29, 0.717) is 38.9 Å². The molecule has 1 saturated carbocycles. The number of hydrogen-bond acceptors (Lipinski definition) is 4. The van der Waals surface area contributed by atoms with Crippen LogP contribution in [0.5, 0.6) is 0 Å². The fourth-order valence-electron chi connectivity index (χ4n) is 7.64. The largest absolute Gasteiger partial charge is 0.384 e. The molecular weight excluding hydrogens is 519 g/mol. The lowest BCUT2D eigenvalue weighted by Gasteiger charge is -2.31. The molecule has 1 fully saturated rings. The first-order valence-corrected chi connectivity index (χ1v) is 15.2. The van der Waals surface area contributed by atoms with E-state index >= 15 is 0 Å². The van der Waals surface area contributed by atoms with Crippen LogP contribution in [-0.2, 0) is 6.67 Å². The van der Waals surface area contributed by atoms with Crippen LogP contribution in [-0.4, -0.2) is 15.0 Å². The number of aryl methyl sites for hydroxylation is 4. The van der Waals surface area contributed by atoms with Gasteiger partial charge >= 0.3 is 0 Å². The lowest BCUT2D eigenvalue weighted by atomic mass is 9.74. The molecule has 0 saturated heterocycles. The quantitative estimate of drug-likeness (QED) is 0.266. The second-order valence-electron chi connectivity index (χ2n) is 12.8. The van der Waals surface area contributed by atoms with Gasteiger partial charge in [-0.1, -0.05) is 71.6 Å². The molecule has 1 aliphatic carbocycles. The van der Waals surface area contributed by atoms with Crippen LogP contribution in [0.1, 0.15) is 100 Å². The molecule has 1 aliphatic rings. The predicted molar refractivity (Wildman–Crippen MR) is 168 cm³/mol. The highest BCUT2D eigenvalue weighted by molar-refractivity contribution is 6.35. The zero-order chi connectivity index (χ0) is 29.6. The second kappa shape index (κ2) is 11.4. The molecule has 40 heavy (non-hydrogen) atoms. The Bertz CT molecular complexity index is 1460. The highest BCUT2D eigenvalue weighted by Gasteiger charge is 2.62. The van der Waals surface area contributed by atoms with E-state index in [1.807, 2.05) is 27.7 Å². The first-order valence-electron chi connectivity index (χ1n) is 14.8. The number of allylic oxidation sites excluding steroid dienone is 1. The number of nitrogens with zero attached hydrogens (tertiary/aromatic N) is 3. The third-order valence-corrected chi connectivity index (χ3v) is 10.2. The van der Waals surface area contributed by atoms with Crippen LogP contribution in [0.2, 0.25) is 5.02 Å². The summed E-state index contributed by atoms with van der Waals surface area (Å²) < 4.78 is 14.2. The zero-order valence-electron chi connectivity index (χ0n) is 25.8. The summed E-state index contributed by atoms with van der Waals surface area (Å²) in [4.78, 5) is 14.4. The summed E-state index contributed by atoms with van der Waals surface area (Å²) >= 11 is 6.94. The average Bonchev–Trinajstić information content (AvgIpc) is 3.47. The van der Waals surface area contributed by atoms with Gasteiger partial charge in [0.2, 0.25) is 0 Å². The Balaban J connectivity index is 1.78. The number of hydrogen-bond donors (Lipinski definition) is 1. The van der Waals surface area contributed by atoms with Crippen LogP contribution in [0.25, 0.3) is 28.2 Å². The normalized spacial score (nSPS) is 19.9. The van der Waals surface area contributed by atoms with Gasteiger partial charge in [0.15, 0.2) is 5.82 Å². The number of halogens is 2. The number of pyridine rings is 1. The Labute approximate surface area is 245 Å². The van der Waals surface area contributed by atoms with Gasteiger partial charge in [0, 0.05) is 22.2 Å². The number of rotatable bonds is 10. The van der Waals surface area contributed by atoms with E-state index in [1.54, 1.807) is 6.07 Å². The van der Waals surface area contributed by atoms with Crippen LogP contribution in [0, 0.1) is 50.4 Å². The minimum atomic E-state index is -0.647.